The van der Waals surface area contributed by atoms with Crippen molar-refractivity contribution < 1.29 is 14.3 Å². The van der Waals surface area contributed by atoms with Crippen molar-refractivity contribution in [2.45, 2.75) is 6.92 Å². The SMILES string of the molecule is C=CC(=O)OCCOCC(C)C=C. The highest BCUT2D eigenvalue weighted by molar-refractivity contribution is 5.81. The summed E-state index contributed by atoms with van der Waals surface area (Å²) in [5.41, 5.74) is 0. The van der Waals surface area contributed by atoms with Gasteiger partial charge in [0.2, 0.25) is 0 Å². The zero-order valence-corrected chi connectivity index (χ0v) is 7.99. The summed E-state index contributed by atoms with van der Waals surface area (Å²) in [7, 11) is 0. The van der Waals surface area contributed by atoms with E-state index in [1.165, 1.54) is 0 Å². The lowest BCUT2D eigenvalue weighted by molar-refractivity contribution is -0.139. The highest BCUT2D eigenvalue weighted by Crippen LogP contribution is 1.95. The molecule has 0 heterocycles. The van der Waals surface area contributed by atoms with Crippen LogP contribution in [0.1, 0.15) is 6.92 Å². The van der Waals surface area contributed by atoms with Crippen molar-refractivity contribution >= 4 is 5.97 Å². The third-order valence-corrected chi connectivity index (χ3v) is 1.42. The van der Waals surface area contributed by atoms with E-state index in [1.54, 1.807) is 0 Å². The van der Waals surface area contributed by atoms with Gasteiger partial charge in [-0.1, -0.05) is 19.6 Å². The Morgan fingerprint density at radius 2 is 2.15 bits per heavy atom. The zero-order chi connectivity index (χ0) is 10.1. The number of carbonyl (C=O) groups excluding carboxylic acids is 1. The van der Waals surface area contributed by atoms with Crippen LogP contribution in [0.25, 0.3) is 0 Å². The van der Waals surface area contributed by atoms with Gasteiger partial charge < -0.3 is 9.47 Å². The number of hydrogen-bond acceptors (Lipinski definition) is 3. The number of ether oxygens (including phenoxy) is 2. The third kappa shape index (κ3) is 7.28. The summed E-state index contributed by atoms with van der Waals surface area (Å²) in [4.78, 5) is 10.6. The molecule has 74 valence electrons. The number of hydrogen-bond donors (Lipinski definition) is 0. The Morgan fingerprint density at radius 3 is 2.69 bits per heavy atom. The summed E-state index contributed by atoms with van der Waals surface area (Å²) in [6, 6.07) is 0. The molecule has 0 aliphatic rings. The highest BCUT2D eigenvalue weighted by atomic mass is 16.6. The Kier molecular flexibility index (Phi) is 6.92. The second-order valence-electron chi connectivity index (χ2n) is 2.66. The maximum absolute atomic E-state index is 10.6. The zero-order valence-electron chi connectivity index (χ0n) is 7.99. The first kappa shape index (κ1) is 11.9. The Labute approximate surface area is 79.0 Å². The second kappa shape index (κ2) is 7.55. The topological polar surface area (TPSA) is 35.5 Å². The van der Waals surface area contributed by atoms with Gasteiger partial charge in [0.25, 0.3) is 0 Å². The van der Waals surface area contributed by atoms with Gasteiger partial charge in [-0.2, -0.15) is 0 Å². The van der Waals surface area contributed by atoms with Crippen LogP contribution in [0, 0.1) is 5.92 Å². The van der Waals surface area contributed by atoms with Crippen molar-refractivity contribution in [1.82, 2.24) is 0 Å². The molecule has 3 heteroatoms. The lowest BCUT2D eigenvalue weighted by Gasteiger charge is -2.06. The minimum absolute atomic E-state index is 0.273. The van der Waals surface area contributed by atoms with Gasteiger partial charge in [0.15, 0.2) is 0 Å². The lowest BCUT2D eigenvalue weighted by Crippen LogP contribution is -2.11. The van der Waals surface area contributed by atoms with Gasteiger partial charge in [0.1, 0.15) is 6.61 Å². The van der Waals surface area contributed by atoms with E-state index >= 15 is 0 Å². The van der Waals surface area contributed by atoms with Crippen molar-refractivity contribution in [3.8, 4) is 0 Å². The maximum atomic E-state index is 10.6. The van der Waals surface area contributed by atoms with Crippen molar-refractivity contribution in [3.05, 3.63) is 25.3 Å². The molecular formula is C10H16O3. The van der Waals surface area contributed by atoms with Crippen LogP contribution in [0.4, 0.5) is 0 Å². The van der Waals surface area contributed by atoms with E-state index in [9.17, 15) is 4.79 Å². The molecule has 0 aromatic carbocycles. The molecule has 13 heavy (non-hydrogen) atoms. The van der Waals surface area contributed by atoms with Gasteiger partial charge in [-0.15, -0.1) is 6.58 Å². The van der Waals surface area contributed by atoms with Gasteiger partial charge in [-0.3, -0.25) is 0 Å². The van der Waals surface area contributed by atoms with Gasteiger partial charge in [-0.25, -0.2) is 4.79 Å². The molecule has 0 N–H and O–H groups in total. The molecule has 0 aliphatic heterocycles. The van der Waals surface area contributed by atoms with E-state index in [1.807, 2.05) is 13.0 Å². The quantitative estimate of drug-likeness (QED) is 0.261. The summed E-state index contributed by atoms with van der Waals surface area (Å²) in [5, 5.41) is 0. The molecule has 0 saturated heterocycles. The average Bonchev–Trinajstić information content (AvgIpc) is 2.16. The second-order valence-corrected chi connectivity index (χ2v) is 2.66. The van der Waals surface area contributed by atoms with E-state index in [2.05, 4.69) is 13.2 Å². The van der Waals surface area contributed by atoms with Crippen LogP contribution >= 0.6 is 0 Å². The maximum Gasteiger partial charge on any atom is 0.330 e. The fraction of sp³-hybridized carbons (Fsp3) is 0.500. The number of esters is 1. The van der Waals surface area contributed by atoms with Crippen molar-refractivity contribution in [2.75, 3.05) is 19.8 Å². The van der Waals surface area contributed by atoms with Crippen LogP contribution < -0.4 is 0 Å². The molecule has 0 aromatic rings. The molecule has 1 unspecified atom stereocenters. The van der Waals surface area contributed by atoms with Gasteiger partial charge in [-0.05, 0) is 5.92 Å². The first-order chi connectivity index (χ1) is 6.20. The average molecular weight is 184 g/mol. The van der Waals surface area contributed by atoms with E-state index in [4.69, 9.17) is 9.47 Å². The largest absolute Gasteiger partial charge is 0.460 e. The Balaban J connectivity index is 3.21. The molecule has 0 rings (SSSR count). The van der Waals surface area contributed by atoms with Gasteiger partial charge in [0.05, 0.1) is 13.2 Å². The Hall–Kier alpha value is -1.09. The standard InChI is InChI=1S/C10H16O3/c1-4-9(3)8-12-6-7-13-10(11)5-2/h4-5,9H,1-2,6-8H2,3H3. The van der Waals surface area contributed by atoms with Crippen LogP contribution in [0.3, 0.4) is 0 Å². The summed E-state index contributed by atoms with van der Waals surface area (Å²) in [6.07, 6.45) is 2.95. The summed E-state index contributed by atoms with van der Waals surface area (Å²) >= 11 is 0. The minimum Gasteiger partial charge on any atom is -0.460 e. The molecule has 0 fully saturated rings. The van der Waals surface area contributed by atoms with E-state index in [0.717, 1.165) is 6.08 Å². The first-order valence-electron chi connectivity index (χ1n) is 4.20. The molecule has 0 aliphatic carbocycles. The van der Waals surface area contributed by atoms with Crippen molar-refractivity contribution in [3.63, 3.8) is 0 Å². The van der Waals surface area contributed by atoms with E-state index < -0.39 is 5.97 Å². The predicted octanol–water partition coefficient (Wildman–Crippen LogP) is 1.55. The van der Waals surface area contributed by atoms with E-state index in [0.29, 0.717) is 19.1 Å². The molecule has 0 saturated carbocycles. The van der Waals surface area contributed by atoms with Crippen LogP contribution in [0.5, 0.6) is 0 Å². The van der Waals surface area contributed by atoms with Gasteiger partial charge >= 0.3 is 5.97 Å². The predicted molar refractivity (Wildman–Crippen MR) is 51.3 cm³/mol. The Morgan fingerprint density at radius 1 is 1.46 bits per heavy atom. The fourth-order valence-corrected chi connectivity index (χ4v) is 0.597. The summed E-state index contributed by atoms with van der Waals surface area (Å²) < 4.78 is 9.90. The third-order valence-electron chi connectivity index (χ3n) is 1.42. The molecule has 0 aromatic heterocycles. The van der Waals surface area contributed by atoms with Gasteiger partial charge in [0, 0.05) is 6.08 Å². The monoisotopic (exact) mass is 184 g/mol. The lowest BCUT2D eigenvalue weighted by atomic mass is 10.2. The van der Waals surface area contributed by atoms with Crippen LogP contribution in [-0.2, 0) is 14.3 Å². The highest BCUT2D eigenvalue weighted by Gasteiger charge is 1.97. The molecule has 0 radical (unpaired) electrons. The van der Waals surface area contributed by atoms with E-state index in [-0.39, 0.29) is 6.61 Å². The summed E-state index contributed by atoms with van der Waals surface area (Å²) in [5.74, 6) is -0.0875. The molecular weight excluding hydrogens is 168 g/mol. The van der Waals surface area contributed by atoms with Crippen molar-refractivity contribution in [2.24, 2.45) is 5.92 Å². The molecule has 0 spiro atoms. The normalized spacial score (nSPS) is 11.8. The van der Waals surface area contributed by atoms with Crippen LogP contribution in [0.2, 0.25) is 0 Å². The van der Waals surface area contributed by atoms with Crippen LogP contribution in [-0.4, -0.2) is 25.8 Å². The molecule has 0 amide bonds. The van der Waals surface area contributed by atoms with Crippen LogP contribution in [0.15, 0.2) is 25.3 Å². The van der Waals surface area contributed by atoms with Crippen molar-refractivity contribution in [1.29, 1.82) is 0 Å². The fourth-order valence-electron chi connectivity index (χ4n) is 0.597. The molecule has 3 nitrogen and oxygen atoms in total. The number of rotatable bonds is 7. The summed E-state index contributed by atoms with van der Waals surface area (Å²) in [6.45, 7) is 10.2. The molecule has 1 atom stereocenters. The minimum atomic E-state index is -0.416. The smallest absolute Gasteiger partial charge is 0.330 e. The number of carbonyl (C=O) groups is 1. The first-order valence-corrected chi connectivity index (χ1v) is 4.20. The molecule has 0 bridgehead atoms. The Bertz CT molecular complexity index is 175.